The second-order valence-corrected chi connectivity index (χ2v) is 4.25. The largest absolute Gasteiger partial charge is 0.419 e. The van der Waals surface area contributed by atoms with Crippen molar-refractivity contribution < 1.29 is 4.74 Å². The molecule has 0 spiro atoms. The Labute approximate surface area is 106 Å². The third-order valence-corrected chi connectivity index (χ3v) is 2.55. The van der Waals surface area contributed by atoms with Gasteiger partial charge in [0, 0.05) is 30.1 Å². The minimum Gasteiger partial charge on any atom is -0.419 e. The molecule has 5 nitrogen and oxygen atoms in total. The second-order valence-electron chi connectivity index (χ2n) is 4.25. The van der Waals surface area contributed by atoms with Crippen LogP contribution in [0.5, 0.6) is 11.8 Å². The van der Waals surface area contributed by atoms with Gasteiger partial charge in [-0.1, -0.05) is 13.3 Å². The van der Waals surface area contributed by atoms with Gasteiger partial charge in [-0.2, -0.15) is 0 Å². The minimum atomic E-state index is 0.481. The van der Waals surface area contributed by atoms with Gasteiger partial charge < -0.3 is 10.5 Å². The van der Waals surface area contributed by atoms with Crippen molar-refractivity contribution in [3.8, 4) is 11.8 Å². The van der Waals surface area contributed by atoms with Gasteiger partial charge in [-0.15, -0.1) is 5.10 Å². The van der Waals surface area contributed by atoms with Gasteiger partial charge in [0.1, 0.15) is 0 Å². The summed E-state index contributed by atoms with van der Waals surface area (Å²) in [5, 5.41) is 6.85. The summed E-state index contributed by atoms with van der Waals surface area (Å²) in [4.78, 5) is 4.44. The van der Waals surface area contributed by atoms with E-state index in [9.17, 15) is 0 Å². The van der Waals surface area contributed by atoms with E-state index in [1.165, 1.54) is 0 Å². The Hall–Kier alpha value is -1.88. The molecule has 5 heteroatoms. The lowest BCUT2D eigenvalue weighted by Crippen LogP contribution is -2.01. The van der Waals surface area contributed by atoms with Crippen LogP contribution in [0.3, 0.4) is 0 Å². The maximum Gasteiger partial charge on any atom is 0.240 e. The van der Waals surface area contributed by atoms with Gasteiger partial charge in [0.05, 0.1) is 0 Å². The molecule has 0 amide bonds. The van der Waals surface area contributed by atoms with E-state index >= 15 is 0 Å². The van der Waals surface area contributed by atoms with Gasteiger partial charge in [0.25, 0.3) is 0 Å². The highest BCUT2D eigenvalue weighted by Gasteiger charge is 2.06. The Bertz CT molecular complexity index is 521. The van der Waals surface area contributed by atoms with Crippen LogP contribution in [0.2, 0.25) is 0 Å². The maximum atomic E-state index is 5.68. The maximum absolute atomic E-state index is 5.68. The molecule has 2 aromatic heterocycles. The summed E-state index contributed by atoms with van der Waals surface area (Å²) in [5.74, 6) is 1.07. The first-order chi connectivity index (χ1) is 8.71. The predicted molar refractivity (Wildman–Crippen MR) is 69.5 cm³/mol. The van der Waals surface area contributed by atoms with Crippen molar-refractivity contribution in [1.82, 2.24) is 15.2 Å². The van der Waals surface area contributed by atoms with Crippen LogP contribution in [-0.4, -0.2) is 15.2 Å². The van der Waals surface area contributed by atoms with Gasteiger partial charge in [-0.05, 0) is 25.0 Å². The molecule has 0 aliphatic rings. The van der Waals surface area contributed by atoms with Crippen molar-refractivity contribution in [1.29, 1.82) is 0 Å². The van der Waals surface area contributed by atoms with Gasteiger partial charge in [0.2, 0.25) is 11.8 Å². The van der Waals surface area contributed by atoms with Crippen LogP contribution in [0.1, 0.15) is 30.3 Å². The van der Waals surface area contributed by atoms with Crippen LogP contribution in [0.15, 0.2) is 18.2 Å². The van der Waals surface area contributed by atoms with Crippen LogP contribution in [0.4, 0.5) is 0 Å². The van der Waals surface area contributed by atoms with Gasteiger partial charge in [-0.3, -0.25) is 5.10 Å². The highest BCUT2D eigenvalue weighted by Crippen LogP contribution is 2.20. The zero-order valence-corrected chi connectivity index (χ0v) is 10.7. The number of ether oxygens (including phenoxy) is 1. The van der Waals surface area contributed by atoms with E-state index in [0.29, 0.717) is 18.3 Å². The molecule has 0 aliphatic heterocycles. The van der Waals surface area contributed by atoms with Crippen LogP contribution in [0, 0.1) is 6.92 Å². The predicted octanol–water partition coefficient (Wildman–Crippen LogP) is 2.32. The molecule has 2 aromatic rings. The fourth-order valence-electron chi connectivity index (χ4n) is 1.73. The highest BCUT2D eigenvalue weighted by atomic mass is 16.5. The average Bonchev–Trinajstić information content (AvgIpc) is 2.75. The first kappa shape index (κ1) is 12.6. The van der Waals surface area contributed by atoms with E-state index < -0.39 is 0 Å². The number of H-pyrrole nitrogens is 1. The molecule has 0 unspecified atom stereocenters. The molecule has 0 atom stereocenters. The first-order valence-electron chi connectivity index (χ1n) is 6.11. The third-order valence-electron chi connectivity index (χ3n) is 2.55. The molecule has 0 radical (unpaired) electrons. The molecule has 96 valence electrons. The molecule has 2 heterocycles. The number of nitrogens with two attached hydrogens (primary N) is 1. The topological polar surface area (TPSA) is 76.8 Å². The normalized spacial score (nSPS) is 10.6. The quantitative estimate of drug-likeness (QED) is 0.848. The van der Waals surface area contributed by atoms with Crippen molar-refractivity contribution in [2.24, 2.45) is 5.73 Å². The lowest BCUT2D eigenvalue weighted by atomic mass is 10.1. The van der Waals surface area contributed by atoms with Gasteiger partial charge in [0.15, 0.2) is 0 Å². The molecule has 0 saturated carbocycles. The summed E-state index contributed by atoms with van der Waals surface area (Å²) in [6.07, 6.45) is 1.96. The molecular weight excluding hydrogens is 228 g/mol. The summed E-state index contributed by atoms with van der Waals surface area (Å²) in [6, 6.07) is 5.70. The minimum absolute atomic E-state index is 0.481. The van der Waals surface area contributed by atoms with E-state index in [0.717, 1.165) is 29.8 Å². The summed E-state index contributed by atoms with van der Waals surface area (Å²) in [6.45, 7) is 4.52. The summed E-state index contributed by atoms with van der Waals surface area (Å²) < 4.78 is 5.62. The molecule has 3 N–H and O–H groups in total. The molecule has 0 aliphatic carbocycles. The van der Waals surface area contributed by atoms with Crippen molar-refractivity contribution in [2.75, 3.05) is 0 Å². The van der Waals surface area contributed by atoms with E-state index in [-0.39, 0.29) is 0 Å². The number of pyridine rings is 1. The van der Waals surface area contributed by atoms with Gasteiger partial charge >= 0.3 is 0 Å². The van der Waals surface area contributed by atoms with Gasteiger partial charge in [-0.25, -0.2) is 4.98 Å². The molecule has 0 bridgehead atoms. The fraction of sp³-hybridized carbons (Fsp3) is 0.385. The van der Waals surface area contributed by atoms with Crippen LogP contribution in [0.25, 0.3) is 0 Å². The van der Waals surface area contributed by atoms with E-state index in [4.69, 9.17) is 10.5 Å². The Morgan fingerprint density at radius 1 is 1.28 bits per heavy atom. The SMILES string of the molecule is CCCc1cc(CN)cc(Oc2cc(C)[nH]n2)n1. The number of rotatable bonds is 5. The van der Waals surface area contributed by atoms with Crippen molar-refractivity contribution >= 4 is 0 Å². The summed E-state index contributed by atoms with van der Waals surface area (Å²) in [5.41, 5.74) is 8.65. The molecule has 0 saturated heterocycles. The van der Waals surface area contributed by atoms with E-state index in [1.54, 1.807) is 0 Å². The Balaban J connectivity index is 2.23. The lowest BCUT2D eigenvalue weighted by molar-refractivity contribution is 0.440. The van der Waals surface area contributed by atoms with E-state index in [1.807, 2.05) is 25.1 Å². The average molecular weight is 246 g/mol. The molecule has 18 heavy (non-hydrogen) atoms. The smallest absolute Gasteiger partial charge is 0.240 e. The zero-order valence-electron chi connectivity index (χ0n) is 10.7. The number of hydrogen-bond donors (Lipinski definition) is 2. The van der Waals surface area contributed by atoms with Crippen LogP contribution < -0.4 is 10.5 Å². The number of aryl methyl sites for hydroxylation is 2. The Kier molecular flexibility index (Phi) is 3.94. The van der Waals surface area contributed by atoms with Crippen LogP contribution >= 0.6 is 0 Å². The number of aromatic nitrogens is 3. The summed E-state index contributed by atoms with van der Waals surface area (Å²) in [7, 11) is 0. The molecule has 2 rings (SSSR count). The number of nitrogens with zero attached hydrogens (tertiary/aromatic N) is 2. The monoisotopic (exact) mass is 246 g/mol. The molecular formula is C13H18N4O. The molecule has 0 fully saturated rings. The van der Waals surface area contributed by atoms with Crippen molar-refractivity contribution in [3.63, 3.8) is 0 Å². The Morgan fingerprint density at radius 3 is 2.72 bits per heavy atom. The number of nitrogens with one attached hydrogen (secondary N) is 1. The van der Waals surface area contributed by atoms with Crippen LogP contribution in [-0.2, 0) is 13.0 Å². The second kappa shape index (κ2) is 5.64. The standard InChI is InChI=1S/C13H18N4O/c1-3-4-11-6-10(8-14)7-12(15-11)18-13-5-9(2)16-17-13/h5-7H,3-4,8,14H2,1-2H3,(H,16,17). The first-order valence-corrected chi connectivity index (χ1v) is 6.11. The van der Waals surface area contributed by atoms with E-state index in [2.05, 4.69) is 22.1 Å². The van der Waals surface area contributed by atoms with Crippen molar-refractivity contribution in [2.45, 2.75) is 33.2 Å². The van der Waals surface area contributed by atoms with Crippen molar-refractivity contribution in [3.05, 3.63) is 35.2 Å². The molecule has 0 aromatic carbocycles. The number of hydrogen-bond acceptors (Lipinski definition) is 4. The Morgan fingerprint density at radius 2 is 2.11 bits per heavy atom. The zero-order chi connectivity index (χ0) is 13.0. The number of aromatic amines is 1. The highest BCUT2D eigenvalue weighted by molar-refractivity contribution is 5.28. The lowest BCUT2D eigenvalue weighted by Gasteiger charge is -2.06. The fourth-order valence-corrected chi connectivity index (χ4v) is 1.73. The summed E-state index contributed by atoms with van der Waals surface area (Å²) >= 11 is 0. The third kappa shape index (κ3) is 3.07.